The average molecular weight is 336 g/mol. The van der Waals surface area contributed by atoms with Gasteiger partial charge in [0, 0.05) is 5.41 Å². The molecule has 1 aliphatic carbocycles. The van der Waals surface area contributed by atoms with E-state index in [2.05, 4.69) is 111 Å². The van der Waals surface area contributed by atoms with Gasteiger partial charge in [-0.15, -0.1) is 0 Å². The summed E-state index contributed by atoms with van der Waals surface area (Å²) < 4.78 is 0. The van der Waals surface area contributed by atoms with E-state index in [1.165, 1.54) is 33.4 Å². The molecule has 0 heteroatoms. The van der Waals surface area contributed by atoms with Crippen molar-refractivity contribution >= 4 is 5.57 Å². The van der Waals surface area contributed by atoms with E-state index < -0.39 is 0 Å². The van der Waals surface area contributed by atoms with Crippen molar-refractivity contribution in [3.8, 4) is 0 Å². The van der Waals surface area contributed by atoms with Gasteiger partial charge in [-0.3, -0.25) is 0 Å². The molecule has 3 aromatic carbocycles. The molecule has 26 heavy (non-hydrogen) atoms. The van der Waals surface area contributed by atoms with E-state index in [4.69, 9.17) is 0 Å². The Morgan fingerprint density at radius 3 is 2.15 bits per heavy atom. The summed E-state index contributed by atoms with van der Waals surface area (Å²) in [5, 5.41) is 0. The molecular weight excluding hydrogens is 312 g/mol. The third-order valence-electron chi connectivity index (χ3n) is 5.49. The van der Waals surface area contributed by atoms with Crippen molar-refractivity contribution in [3.63, 3.8) is 0 Å². The molecule has 0 spiro atoms. The molecule has 3 aromatic rings. The van der Waals surface area contributed by atoms with Gasteiger partial charge in [-0.1, -0.05) is 103 Å². The zero-order valence-corrected chi connectivity index (χ0v) is 15.4. The Morgan fingerprint density at radius 2 is 1.42 bits per heavy atom. The number of hydrogen-bond donors (Lipinski definition) is 0. The van der Waals surface area contributed by atoms with Crippen LogP contribution in [-0.2, 0) is 5.41 Å². The molecular formula is C26H24. The first-order valence-electron chi connectivity index (χ1n) is 9.30. The second kappa shape index (κ2) is 6.80. The van der Waals surface area contributed by atoms with Crippen LogP contribution in [0.2, 0.25) is 0 Å². The second-order valence-electron chi connectivity index (χ2n) is 7.08. The third kappa shape index (κ3) is 2.63. The monoisotopic (exact) mass is 336 g/mol. The van der Waals surface area contributed by atoms with Gasteiger partial charge >= 0.3 is 0 Å². The SMILES string of the molecule is C/C=C\C=C1/CC(c2ccccc2)(c2ccc(C)cc2)c2ccccc21. The minimum absolute atomic E-state index is 0.126. The van der Waals surface area contributed by atoms with Gasteiger partial charge in [0.1, 0.15) is 0 Å². The summed E-state index contributed by atoms with van der Waals surface area (Å²) in [5.41, 5.74) is 8.08. The van der Waals surface area contributed by atoms with Crippen LogP contribution in [0.25, 0.3) is 5.57 Å². The van der Waals surface area contributed by atoms with E-state index in [0.29, 0.717) is 0 Å². The fraction of sp³-hybridized carbons (Fsp3) is 0.154. The van der Waals surface area contributed by atoms with Gasteiger partial charge in [-0.25, -0.2) is 0 Å². The minimum Gasteiger partial charge on any atom is -0.0877 e. The van der Waals surface area contributed by atoms with Crippen molar-refractivity contribution in [2.24, 2.45) is 0 Å². The van der Waals surface area contributed by atoms with Crippen LogP contribution < -0.4 is 0 Å². The lowest BCUT2D eigenvalue weighted by Crippen LogP contribution is -2.26. The van der Waals surface area contributed by atoms with Crippen molar-refractivity contribution in [2.75, 3.05) is 0 Å². The van der Waals surface area contributed by atoms with Crippen LogP contribution in [0.15, 0.2) is 97.1 Å². The molecule has 4 rings (SSSR count). The molecule has 0 aromatic heterocycles. The van der Waals surface area contributed by atoms with E-state index in [1.54, 1.807) is 0 Å². The van der Waals surface area contributed by atoms with Crippen LogP contribution in [0.1, 0.15) is 41.2 Å². The van der Waals surface area contributed by atoms with Crippen LogP contribution >= 0.6 is 0 Å². The third-order valence-corrected chi connectivity index (χ3v) is 5.49. The number of allylic oxidation sites excluding steroid dienone is 4. The summed E-state index contributed by atoms with van der Waals surface area (Å²) in [4.78, 5) is 0. The van der Waals surface area contributed by atoms with Gasteiger partial charge < -0.3 is 0 Å². The van der Waals surface area contributed by atoms with Crippen molar-refractivity contribution in [1.82, 2.24) is 0 Å². The van der Waals surface area contributed by atoms with Gasteiger partial charge in [0.15, 0.2) is 0 Å². The zero-order chi connectivity index (χ0) is 18.0. The standard InChI is InChI=1S/C26H24/c1-3-4-10-21-19-26(22-11-6-5-7-12-22,23-17-15-20(2)16-18-23)25-14-9-8-13-24(21)25/h3-18H,19H2,1-2H3/b4-3-,21-10+. The van der Waals surface area contributed by atoms with Crippen molar-refractivity contribution in [1.29, 1.82) is 0 Å². The molecule has 1 aliphatic rings. The molecule has 1 unspecified atom stereocenters. The highest BCUT2D eigenvalue weighted by Crippen LogP contribution is 2.53. The Balaban J connectivity index is 2.02. The Hall–Kier alpha value is -2.86. The fourth-order valence-corrected chi connectivity index (χ4v) is 4.22. The molecule has 0 amide bonds. The van der Waals surface area contributed by atoms with Crippen LogP contribution in [0.4, 0.5) is 0 Å². The molecule has 0 radical (unpaired) electrons. The number of benzene rings is 3. The molecule has 0 fully saturated rings. The fourth-order valence-electron chi connectivity index (χ4n) is 4.22. The first-order valence-corrected chi connectivity index (χ1v) is 9.30. The van der Waals surface area contributed by atoms with E-state index in [-0.39, 0.29) is 5.41 Å². The Labute approximate surface area is 156 Å². The summed E-state index contributed by atoms with van der Waals surface area (Å²) in [5.74, 6) is 0. The second-order valence-corrected chi connectivity index (χ2v) is 7.08. The van der Waals surface area contributed by atoms with Crippen LogP contribution in [0.5, 0.6) is 0 Å². The summed E-state index contributed by atoms with van der Waals surface area (Å²) in [6, 6.07) is 28.9. The van der Waals surface area contributed by atoms with Crippen LogP contribution in [0, 0.1) is 6.92 Å². The molecule has 1 atom stereocenters. The molecule has 0 N–H and O–H groups in total. The topological polar surface area (TPSA) is 0 Å². The normalized spacial score (nSPS) is 20.6. The molecule has 0 bridgehead atoms. The summed E-state index contributed by atoms with van der Waals surface area (Å²) in [6.07, 6.45) is 7.52. The quantitative estimate of drug-likeness (QED) is 0.499. The van der Waals surface area contributed by atoms with Gasteiger partial charge in [-0.05, 0) is 48.1 Å². The highest BCUT2D eigenvalue weighted by atomic mass is 14.4. The minimum atomic E-state index is -0.126. The average Bonchev–Trinajstić information content (AvgIpc) is 3.03. The maximum absolute atomic E-state index is 2.30. The number of aryl methyl sites for hydroxylation is 1. The highest BCUT2D eigenvalue weighted by Gasteiger charge is 2.43. The van der Waals surface area contributed by atoms with E-state index in [1.807, 2.05) is 0 Å². The van der Waals surface area contributed by atoms with Crippen molar-refractivity contribution < 1.29 is 0 Å². The molecule has 0 saturated carbocycles. The van der Waals surface area contributed by atoms with E-state index in [0.717, 1.165) is 6.42 Å². The zero-order valence-electron chi connectivity index (χ0n) is 15.4. The van der Waals surface area contributed by atoms with Gasteiger partial charge in [-0.2, -0.15) is 0 Å². The number of rotatable bonds is 3. The maximum Gasteiger partial charge on any atom is 0.0497 e. The molecule has 0 saturated heterocycles. The van der Waals surface area contributed by atoms with Crippen molar-refractivity contribution in [2.45, 2.75) is 25.7 Å². The lowest BCUT2D eigenvalue weighted by Gasteiger charge is -2.32. The highest BCUT2D eigenvalue weighted by molar-refractivity contribution is 5.81. The molecule has 0 heterocycles. The first-order chi connectivity index (χ1) is 12.8. The Kier molecular flexibility index (Phi) is 4.34. The first kappa shape index (κ1) is 16.6. The Bertz CT molecular complexity index is 958. The maximum atomic E-state index is 2.30. The van der Waals surface area contributed by atoms with Crippen molar-refractivity contribution in [3.05, 3.63) is 125 Å². The van der Waals surface area contributed by atoms with E-state index >= 15 is 0 Å². The lowest BCUT2D eigenvalue weighted by atomic mass is 9.70. The Morgan fingerprint density at radius 1 is 0.769 bits per heavy atom. The summed E-state index contributed by atoms with van der Waals surface area (Å²) >= 11 is 0. The molecule has 128 valence electrons. The summed E-state index contributed by atoms with van der Waals surface area (Å²) in [7, 11) is 0. The smallest absolute Gasteiger partial charge is 0.0497 e. The van der Waals surface area contributed by atoms with Crippen LogP contribution in [0.3, 0.4) is 0 Å². The predicted octanol–water partition coefficient (Wildman–Crippen LogP) is 6.69. The lowest BCUT2D eigenvalue weighted by molar-refractivity contribution is 0.661. The van der Waals surface area contributed by atoms with Gasteiger partial charge in [0.2, 0.25) is 0 Å². The van der Waals surface area contributed by atoms with Crippen LogP contribution in [-0.4, -0.2) is 0 Å². The largest absolute Gasteiger partial charge is 0.0877 e. The number of fused-ring (bicyclic) bond motifs is 1. The summed E-state index contributed by atoms with van der Waals surface area (Å²) in [6.45, 7) is 4.22. The van der Waals surface area contributed by atoms with Gasteiger partial charge in [0.05, 0.1) is 0 Å². The van der Waals surface area contributed by atoms with E-state index in [9.17, 15) is 0 Å². The number of hydrogen-bond acceptors (Lipinski definition) is 0. The van der Waals surface area contributed by atoms with Gasteiger partial charge in [0.25, 0.3) is 0 Å². The predicted molar refractivity (Wildman–Crippen MR) is 111 cm³/mol. The molecule has 0 aliphatic heterocycles. The molecule has 0 nitrogen and oxygen atoms in total.